The van der Waals surface area contributed by atoms with Crippen LogP contribution in [0.5, 0.6) is 0 Å². The van der Waals surface area contributed by atoms with Crippen LogP contribution in [0.2, 0.25) is 0 Å². The maximum atomic E-state index is 6.35. The molecule has 2 aromatic carbocycles. The molecule has 1 atom stereocenters. The van der Waals surface area contributed by atoms with Crippen molar-refractivity contribution in [3.8, 4) is 11.8 Å². The number of unbranched alkanes of at least 4 members (excludes halogenated alkanes) is 1. The summed E-state index contributed by atoms with van der Waals surface area (Å²) in [7, 11) is 0. The Labute approximate surface area is 159 Å². The topological polar surface area (TPSA) is 38.4 Å². The smallest absolute Gasteiger partial charge is 0.0658 e. The molecule has 0 saturated carbocycles. The van der Waals surface area contributed by atoms with Gasteiger partial charge in [0, 0.05) is 23.7 Å². The van der Waals surface area contributed by atoms with Crippen molar-refractivity contribution in [1.82, 2.24) is 0 Å². The summed E-state index contributed by atoms with van der Waals surface area (Å²) >= 11 is 0. The van der Waals surface area contributed by atoms with Gasteiger partial charge in [0.15, 0.2) is 0 Å². The highest BCUT2D eigenvalue weighted by Gasteiger charge is 2.09. The van der Waals surface area contributed by atoms with E-state index < -0.39 is 0 Å². The molecule has 2 rings (SSSR count). The summed E-state index contributed by atoms with van der Waals surface area (Å²) in [6, 6.07) is 16.3. The van der Waals surface area contributed by atoms with E-state index in [2.05, 4.69) is 43.9 Å². The van der Waals surface area contributed by atoms with Crippen LogP contribution in [0.1, 0.15) is 57.2 Å². The molecule has 2 aromatic rings. The lowest BCUT2D eigenvalue weighted by Gasteiger charge is -2.12. The largest absolute Gasteiger partial charge is 0.323 e. The van der Waals surface area contributed by atoms with Crippen molar-refractivity contribution in [1.29, 1.82) is 0 Å². The number of aliphatic imine (C=N–C) groups is 1. The highest BCUT2D eigenvalue weighted by atomic mass is 14.8. The Hall–Kier alpha value is -2.37. The van der Waals surface area contributed by atoms with E-state index in [0.717, 1.165) is 41.8 Å². The van der Waals surface area contributed by atoms with Crippen molar-refractivity contribution in [3.05, 3.63) is 65.2 Å². The third-order valence-electron chi connectivity index (χ3n) is 3.94. The van der Waals surface area contributed by atoms with Gasteiger partial charge in [-0.3, -0.25) is 4.99 Å². The predicted octanol–water partition coefficient (Wildman–Crippen LogP) is 5.84. The predicted molar refractivity (Wildman–Crippen MR) is 115 cm³/mol. The van der Waals surface area contributed by atoms with E-state index in [1.165, 1.54) is 5.56 Å². The number of benzene rings is 2. The Morgan fingerprint density at radius 1 is 1.12 bits per heavy atom. The maximum absolute atomic E-state index is 6.35. The van der Waals surface area contributed by atoms with E-state index in [-0.39, 0.29) is 6.04 Å². The average Bonchev–Trinajstić information content (AvgIpc) is 2.66. The molecule has 0 saturated heterocycles. The molecular formula is C24H32N2. The molecule has 0 heterocycles. The van der Waals surface area contributed by atoms with Gasteiger partial charge in [0.25, 0.3) is 0 Å². The summed E-state index contributed by atoms with van der Waals surface area (Å²) in [5, 5.41) is 0. The third-order valence-corrected chi connectivity index (χ3v) is 3.94. The summed E-state index contributed by atoms with van der Waals surface area (Å²) in [5.41, 5.74) is 11.7. The summed E-state index contributed by atoms with van der Waals surface area (Å²) in [4.78, 5) is 4.70. The highest BCUT2D eigenvalue weighted by Crippen LogP contribution is 2.18. The van der Waals surface area contributed by atoms with E-state index in [0.29, 0.717) is 0 Å². The second-order valence-electron chi connectivity index (χ2n) is 6.10. The fourth-order valence-corrected chi connectivity index (χ4v) is 2.43. The molecule has 0 aromatic heterocycles. The Morgan fingerprint density at radius 3 is 2.54 bits per heavy atom. The third kappa shape index (κ3) is 7.25. The molecule has 26 heavy (non-hydrogen) atoms. The molecule has 2 N–H and O–H groups in total. The van der Waals surface area contributed by atoms with Crippen LogP contribution in [-0.4, -0.2) is 11.8 Å². The van der Waals surface area contributed by atoms with Crippen molar-refractivity contribution in [2.45, 2.75) is 59.9 Å². The van der Waals surface area contributed by atoms with Crippen molar-refractivity contribution >= 4 is 11.4 Å². The van der Waals surface area contributed by atoms with Gasteiger partial charge >= 0.3 is 0 Å². The van der Waals surface area contributed by atoms with Gasteiger partial charge in [-0.1, -0.05) is 62.9 Å². The van der Waals surface area contributed by atoms with Crippen LogP contribution in [0.3, 0.4) is 0 Å². The van der Waals surface area contributed by atoms with Gasteiger partial charge in [-0.15, -0.1) is 0 Å². The quantitative estimate of drug-likeness (QED) is 0.535. The number of hydrogen-bond acceptors (Lipinski definition) is 2. The van der Waals surface area contributed by atoms with E-state index in [1.54, 1.807) is 0 Å². The van der Waals surface area contributed by atoms with Gasteiger partial charge in [-0.05, 0) is 56.0 Å². The number of rotatable bonds is 5. The summed E-state index contributed by atoms with van der Waals surface area (Å²) < 4.78 is 0. The highest BCUT2D eigenvalue weighted by molar-refractivity contribution is 5.89. The molecule has 1 unspecified atom stereocenters. The Balaban J connectivity index is 0.00000163. The fraction of sp³-hybridized carbons (Fsp3) is 0.375. The van der Waals surface area contributed by atoms with Gasteiger partial charge in [-0.2, -0.15) is 0 Å². The molecule has 0 bridgehead atoms. The van der Waals surface area contributed by atoms with E-state index in [9.17, 15) is 0 Å². The zero-order valence-electron chi connectivity index (χ0n) is 16.8. The van der Waals surface area contributed by atoms with Crippen LogP contribution in [0.4, 0.5) is 5.69 Å². The second-order valence-corrected chi connectivity index (χ2v) is 6.10. The minimum atomic E-state index is -0.0940. The Morgan fingerprint density at radius 2 is 1.85 bits per heavy atom. The number of hydrogen-bond donors (Lipinski definition) is 1. The van der Waals surface area contributed by atoms with E-state index in [1.807, 2.05) is 51.1 Å². The van der Waals surface area contributed by atoms with Crippen LogP contribution < -0.4 is 5.73 Å². The summed E-state index contributed by atoms with van der Waals surface area (Å²) in [6.07, 6.45) is 2.79. The van der Waals surface area contributed by atoms with Crippen molar-refractivity contribution in [3.63, 3.8) is 0 Å². The molecule has 138 valence electrons. The van der Waals surface area contributed by atoms with Crippen LogP contribution in [0.25, 0.3) is 0 Å². The van der Waals surface area contributed by atoms with Gasteiger partial charge in [0.05, 0.1) is 5.69 Å². The van der Waals surface area contributed by atoms with E-state index in [4.69, 9.17) is 10.7 Å². The van der Waals surface area contributed by atoms with Gasteiger partial charge < -0.3 is 5.73 Å². The normalized spacial score (nSPS) is 11.7. The summed E-state index contributed by atoms with van der Waals surface area (Å²) in [6.45, 7) is 10.2. The maximum Gasteiger partial charge on any atom is 0.0658 e. The standard InChI is InChI=1S/C22H26N2.C2H6/c1-4-5-6-11-19-12-9-13-20(15-19)16-21(23)18(3)24-22-14-8-7-10-17(22)2;1-2/h7-10,12-15,21H,4-5,16,23H2,1-3H3;1-2H3. The lowest BCUT2D eigenvalue weighted by Crippen LogP contribution is -2.30. The fourth-order valence-electron chi connectivity index (χ4n) is 2.43. The number of nitrogens with two attached hydrogens (primary N) is 1. The minimum absolute atomic E-state index is 0.0940. The molecule has 0 aliphatic rings. The molecule has 2 heteroatoms. The van der Waals surface area contributed by atoms with Gasteiger partial charge in [0.1, 0.15) is 0 Å². The van der Waals surface area contributed by atoms with Crippen LogP contribution in [0.15, 0.2) is 53.5 Å². The molecule has 0 aliphatic heterocycles. The van der Waals surface area contributed by atoms with E-state index >= 15 is 0 Å². The Kier molecular flexibility index (Phi) is 10.1. The number of nitrogens with zero attached hydrogens (tertiary/aromatic N) is 1. The molecule has 0 amide bonds. The average molecular weight is 349 g/mol. The van der Waals surface area contributed by atoms with Crippen molar-refractivity contribution in [2.75, 3.05) is 0 Å². The number of aryl methyl sites for hydroxylation is 1. The first kappa shape index (κ1) is 21.7. The SMILES string of the molecule is CC.CCCC#Cc1cccc(CC(N)C(C)=Nc2ccccc2C)c1. The molecule has 0 spiro atoms. The molecule has 0 aliphatic carbocycles. The Bertz CT molecular complexity index is 763. The first-order valence-electron chi connectivity index (χ1n) is 9.54. The zero-order valence-corrected chi connectivity index (χ0v) is 16.8. The molecule has 2 nitrogen and oxygen atoms in total. The van der Waals surface area contributed by atoms with Crippen LogP contribution in [-0.2, 0) is 6.42 Å². The molecule has 0 fully saturated rings. The number of para-hydroxylation sites is 1. The van der Waals surface area contributed by atoms with Crippen LogP contribution >= 0.6 is 0 Å². The summed E-state index contributed by atoms with van der Waals surface area (Å²) in [5.74, 6) is 6.40. The minimum Gasteiger partial charge on any atom is -0.323 e. The van der Waals surface area contributed by atoms with Gasteiger partial charge in [-0.25, -0.2) is 0 Å². The van der Waals surface area contributed by atoms with Crippen molar-refractivity contribution in [2.24, 2.45) is 10.7 Å². The van der Waals surface area contributed by atoms with Gasteiger partial charge in [0.2, 0.25) is 0 Å². The lowest BCUT2D eigenvalue weighted by atomic mass is 10.0. The molecule has 0 radical (unpaired) electrons. The second kappa shape index (κ2) is 12.1. The molecular weight excluding hydrogens is 316 g/mol. The zero-order chi connectivity index (χ0) is 19.4. The van der Waals surface area contributed by atoms with Crippen LogP contribution in [0, 0.1) is 18.8 Å². The van der Waals surface area contributed by atoms with Crippen molar-refractivity contribution < 1.29 is 0 Å². The lowest BCUT2D eigenvalue weighted by molar-refractivity contribution is 0.844. The first-order valence-corrected chi connectivity index (χ1v) is 9.54. The monoisotopic (exact) mass is 348 g/mol. The first-order chi connectivity index (χ1) is 12.6.